The Morgan fingerprint density at radius 3 is 2.50 bits per heavy atom. The monoisotopic (exact) mass is 526 g/mol. The van der Waals surface area contributed by atoms with Crippen LogP contribution >= 0.6 is 11.5 Å². The molecule has 1 N–H and O–H groups in total. The van der Waals surface area contributed by atoms with E-state index in [2.05, 4.69) is 34.6 Å². The van der Waals surface area contributed by atoms with Crippen LogP contribution in [0, 0.1) is 11.3 Å². The van der Waals surface area contributed by atoms with Crippen LogP contribution in [-0.2, 0) is 14.6 Å². The summed E-state index contributed by atoms with van der Waals surface area (Å²) in [5, 5.41) is 11.4. The highest BCUT2D eigenvalue weighted by Crippen LogP contribution is 2.28. The number of aromatic nitrogens is 2. The molecule has 1 atom stereocenters. The van der Waals surface area contributed by atoms with Crippen molar-refractivity contribution < 1.29 is 22.7 Å². The molecule has 1 aromatic heterocycles. The van der Waals surface area contributed by atoms with Gasteiger partial charge in [-0.1, -0.05) is 44.2 Å². The molecule has 0 saturated heterocycles. The van der Waals surface area contributed by atoms with Crippen molar-refractivity contribution in [2.24, 2.45) is 0 Å². The smallest absolute Gasteiger partial charge is 0.268 e. The molecule has 3 rings (SSSR count). The number of sulfone groups is 1. The van der Waals surface area contributed by atoms with Gasteiger partial charge in [-0.3, -0.25) is 10.1 Å². The minimum Gasteiger partial charge on any atom is -0.490 e. The lowest BCUT2D eigenvalue weighted by Crippen LogP contribution is -2.13. The molecule has 3 aromatic rings. The Kier molecular flexibility index (Phi) is 9.16. The number of nitrogens with zero attached hydrogens (tertiary/aromatic N) is 3. The standard InChI is InChI=1S/C25H26N4O5S2/c1-4-17(2)21-7-5-6-8-22(21)34-14-13-33-20-11-9-18(10-12-20)15-19(16-26)23(30)27-24-28-25(29-35-24)36(3,31)32/h5-12,15,17H,4,13-14H2,1-3H3,(H,27,28,29,30). The summed E-state index contributed by atoms with van der Waals surface area (Å²) in [6.07, 6.45) is 3.40. The van der Waals surface area contributed by atoms with Gasteiger partial charge in [0.2, 0.25) is 15.0 Å². The van der Waals surface area contributed by atoms with Crippen molar-refractivity contribution in [2.75, 3.05) is 24.8 Å². The van der Waals surface area contributed by atoms with E-state index < -0.39 is 15.7 Å². The van der Waals surface area contributed by atoms with E-state index in [0.717, 1.165) is 18.4 Å². The van der Waals surface area contributed by atoms with Gasteiger partial charge in [-0.2, -0.15) is 14.6 Å². The minimum atomic E-state index is -3.59. The molecule has 9 nitrogen and oxygen atoms in total. The molecule has 1 amide bonds. The third-order valence-corrected chi connectivity index (χ3v) is 6.78. The lowest BCUT2D eigenvalue weighted by molar-refractivity contribution is -0.112. The van der Waals surface area contributed by atoms with Crippen LogP contribution in [0.2, 0.25) is 0 Å². The maximum Gasteiger partial charge on any atom is 0.268 e. The number of ether oxygens (including phenoxy) is 2. The summed E-state index contributed by atoms with van der Waals surface area (Å²) < 4.78 is 38.3. The lowest BCUT2D eigenvalue weighted by Gasteiger charge is -2.15. The Hall–Kier alpha value is -3.75. The number of hydrogen-bond acceptors (Lipinski definition) is 9. The first-order valence-electron chi connectivity index (χ1n) is 11.1. The van der Waals surface area contributed by atoms with Gasteiger partial charge in [0, 0.05) is 17.8 Å². The normalized spacial score (nSPS) is 12.4. The largest absolute Gasteiger partial charge is 0.490 e. The van der Waals surface area contributed by atoms with Crippen molar-refractivity contribution in [3.63, 3.8) is 0 Å². The van der Waals surface area contributed by atoms with E-state index in [0.29, 0.717) is 42.0 Å². The first-order chi connectivity index (χ1) is 17.2. The van der Waals surface area contributed by atoms with Crippen molar-refractivity contribution in [3.05, 3.63) is 65.2 Å². The van der Waals surface area contributed by atoms with Gasteiger partial charge in [0.05, 0.1) is 0 Å². The van der Waals surface area contributed by atoms with E-state index in [4.69, 9.17) is 9.47 Å². The Balaban J connectivity index is 1.55. The maximum atomic E-state index is 12.4. The number of para-hydroxylation sites is 1. The summed E-state index contributed by atoms with van der Waals surface area (Å²) in [4.78, 5) is 16.2. The number of nitrogens with one attached hydrogen (secondary N) is 1. The Bertz CT molecular complexity index is 1380. The average Bonchev–Trinajstić information content (AvgIpc) is 3.35. The van der Waals surface area contributed by atoms with Gasteiger partial charge >= 0.3 is 0 Å². The van der Waals surface area contributed by atoms with Crippen LogP contribution in [-0.4, -0.2) is 43.2 Å². The van der Waals surface area contributed by atoms with Gasteiger partial charge in [0.15, 0.2) is 0 Å². The fraction of sp³-hybridized carbons (Fsp3) is 0.280. The van der Waals surface area contributed by atoms with Crippen molar-refractivity contribution in [3.8, 4) is 17.6 Å². The average molecular weight is 527 g/mol. The molecule has 11 heteroatoms. The number of amides is 1. The van der Waals surface area contributed by atoms with Crippen molar-refractivity contribution >= 4 is 38.5 Å². The highest BCUT2D eigenvalue weighted by Gasteiger charge is 2.17. The van der Waals surface area contributed by atoms with E-state index in [9.17, 15) is 18.5 Å². The molecule has 188 valence electrons. The van der Waals surface area contributed by atoms with Gasteiger partial charge < -0.3 is 9.47 Å². The maximum absolute atomic E-state index is 12.4. The number of carbonyl (C=O) groups excluding carboxylic acids is 1. The quantitative estimate of drug-likeness (QED) is 0.220. The summed E-state index contributed by atoms with van der Waals surface area (Å²) in [6, 6.07) is 16.7. The fourth-order valence-electron chi connectivity index (χ4n) is 3.10. The third-order valence-electron chi connectivity index (χ3n) is 5.19. The van der Waals surface area contributed by atoms with Crippen LogP contribution in [0.3, 0.4) is 0 Å². The van der Waals surface area contributed by atoms with Gasteiger partial charge in [-0.15, -0.1) is 0 Å². The number of anilines is 1. The summed E-state index contributed by atoms with van der Waals surface area (Å²) in [7, 11) is -3.59. The Labute approximate surface area is 214 Å². The van der Waals surface area contributed by atoms with E-state index in [1.54, 1.807) is 24.3 Å². The second-order valence-electron chi connectivity index (χ2n) is 7.89. The topological polar surface area (TPSA) is 131 Å². The second kappa shape index (κ2) is 12.3. The zero-order chi connectivity index (χ0) is 26.1. The summed E-state index contributed by atoms with van der Waals surface area (Å²) in [5.74, 6) is 1.17. The summed E-state index contributed by atoms with van der Waals surface area (Å²) in [6.45, 7) is 5.05. The highest BCUT2D eigenvalue weighted by molar-refractivity contribution is 7.90. The molecular weight excluding hydrogens is 500 g/mol. The predicted octanol–water partition coefficient (Wildman–Crippen LogP) is 4.46. The van der Waals surface area contributed by atoms with Crippen LogP contribution in [0.5, 0.6) is 11.5 Å². The van der Waals surface area contributed by atoms with Gasteiger partial charge in [-0.25, -0.2) is 8.42 Å². The molecule has 1 unspecified atom stereocenters. The predicted molar refractivity (Wildman–Crippen MR) is 138 cm³/mol. The number of rotatable bonds is 11. The fourth-order valence-corrected chi connectivity index (χ4v) is 4.54. The molecule has 0 aliphatic heterocycles. The first kappa shape index (κ1) is 26.8. The highest BCUT2D eigenvalue weighted by atomic mass is 32.2. The molecule has 1 heterocycles. The molecule has 0 fully saturated rings. The summed E-state index contributed by atoms with van der Waals surface area (Å²) in [5.41, 5.74) is 1.62. The molecule has 0 radical (unpaired) electrons. The summed E-state index contributed by atoms with van der Waals surface area (Å²) >= 11 is 0.716. The van der Waals surface area contributed by atoms with Crippen LogP contribution in [0.15, 0.2) is 59.3 Å². The van der Waals surface area contributed by atoms with E-state index in [-0.39, 0.29) is 15.9 Å². The SMILES string of the molecule is CCC(C)c1ccccc1OCCOc1ccc(C=C(C#N)C(=O)Nc2nc(S(C)(=O)=O)ns2)cc1. The molecule has 2 aromatic carbocycles. The molecule has 0 saturated carbocycles. The lowest BCUT2D eigenvalue weighted by atomic mass is 9.98. The number of benzene rings is 2. The Morgan fingerprint density at radius 1 is 1.17 bits per heavy atom. The molecule has 0 spiro atoms. The van der Waals surface area contributed by atoms with Crippen LogP contribution in [0.1, 0.15) is 37.3 Å². The second-order valence-corrected chi connectivity index (χ2v) is 10.6. The van der Waals surface area contributed by atoms with Crippen molar-refractivity contribution in [1.82, 2.24) is 9.36 Å². The zero-order valence-electron chi connectivity index (χ0n) is 20.1. The number of carbonyl (C=O) groups is 1. The van der Waals surface area contributed by atoms with Gasteiger partial charge in [-0.05, 0) is 47.7 Å². The van der Waals surface area contributed by atoms with Gasteiger partial charge in [0.25, 0.3) is 11.1 Å². The number of hydrogen-bond donors (Lipinski definition) is 1. The van der Waals surface area contributed by atoms with Crippen LogP contribution in [0.4, 0.5) is 5.13 Å². The first-order valence-corrected chi connectivity index (χ1v) is 13.8. The minimum absolute atomic E-state index is 0.0145. The molecule has 0 aliphatic rings. The van der Waals surface area contributed by atoms with Crippen molar-refractivity contribution in [2.45, 2.75) is 31.3 Å². The molecule has 36 heavy (non-hydrogen) atoms. The van der Waals surface area contributed by atoms with E-state index >= 15 is 0 Å². The van der Waals surface area contributed by atoms with E-state index in [1.165, 1.54) is 11.6 Å². The molecule has 0 aliphatic carbocycles. The van der Waals surface area contributed by atoms with Gasteiger partial charge in [0.1, 0.15) is 36.4 Å². The zero-order valence-corrected chi connectivity index (χ0v) is 21.7. The molecule has 0 bridgehead atoms. The number of nitriles is 1. The van der Waals surface area contributed by atoms with Crippen LogP contribution in [0.25, 0.3) is 6.08 Å². The van der Waals surface area contributed by atoms with E-state index in [1.807, 2.05) is 24.3 Å². The Morgan fingerprint density at radius 2 is 1.86 bits per heavy atom. The van der Waals surface area contributed by atoms with Crippen LogP contribution < -0.4 is 14.8 Å². The van der Waals surface area contributed by atoms with Crippen molar-refractivity contribution in [1.29, 1.82) is 5.26 Å². The third kappa shape index (κ3) is 7.37. The molecular formula is C25H26N4O5S2.